The van der Waals surface area contributed by atoms with Crippen molar-refractivity contribution in [1.29, 1.82) is 5.26 Å². The number of benzene rings is 1. The number of ether oxygens (including phenoxy) is 1. The fourth-order valence-electron chi connectivity index (χ4n) is 1.59. The van der Waals surface area contributed by atoms with E-state index in [4.69, 9.17) is 10.00 Å². The summed E-state index contributed by atoms with van der Waals surface area (Å²) < 4.78 is 5.51. The second-order valence-electron chi connectivity index (χ2n) is 4.78. The lowest BCUT2D eigenvalue weighted by atomic mass is 10.1. The molecule has 0 aliphatic rings. The maximum absolute atomic E-state index is 11.6. The van der Waals surface area contributed by atoms with Crippen LogP contribution < -0.4 is 10.1 Å². The van der Waals surface area contributed by atoms with Crippen LogP contribution in [0.5, 0.6) is 5.75 Å². The van der Waals surface area contributed by atoms with E-state index in [1.807, 2.05) is 32.0 Å². The first-order valence-corrected chi connectivity index (χ1v) is 6.51. The molecule has 102 valence electrons. The zero-order valence-electron chi connectivity index (χ0n) is 11.5. The van der Waals surface area contributed by atoms with Gasteiger partial charge in [-0.25, -0.2) is 0 Å². The molecule has 0 atom stereocenters. The first-order chi connectivity index (χ1) is 9.11. The van der Waals surface area contributed by atoms with Crippen LogP contribution >= 0.6 is 0 Å². The molecule has 0 saturated carbocycles. The number of hydrogen-bond donors (Lipinski definition) is 1. The van der Waals surface area contributed by atoms with E-state index in [1.54, 1.807) is 6.07 Å². The van der Waals surface area contributed by atoms with E-state index in [0.717, 1.165) is 5.69 Å². The number of unbranched alkanes of at least 4 members (excludes halogenated alkanes) is 1. The van der Waals surface area contributed by atoms with Crippen molar-refractivity contribution in [2.75, 3.05) is 11.9 Å². The third kappa shape index (κ3) is 6.46. The van der Waals surface area contributed by atoms with Crippen LogP contribution in [0.4, 0.5) is 5.69 Å². The minimum absolute atomic E-state index is 0.0108. The number of rotatable bonds is 7. The number of anilines is 1. The molecule has 0 spiro atoms. The number of carbonyl (C=O) groups is 1. The first kappa shape index (κ1) is 15.0. The fourth-order valence-corrected chi connectivity index (χ4v) is 1.59. The number of hydrogen-bond acceptors (Lipinski definition) is 3. The van der Waals surface area contributed by atoms with Crippen LogP contribution in [0.2, 0.25) is 0 Å². The fraction of sp³-hybridized carbons (Fsp3) is 0.467. The highest BCUT2D eigenvalue weighted by Gasteiger charge is 2.05. The van der Waals surface area contributed by atoms with Gasteiger partial charge in [0.2, 0.25) is 5.91 Å². The summed E-state index contributed by atoms with van der Waals surface area (Å²) in [6.07, 6.45) is 1.71. The Hall–Kier alpha value is -2.02. The Morgan fingerprint density at radius 1 is 1.47 bits per heavy atom. The van der Waals surface area contributed by atoms with Gasteiger partial charge in [-0.1, -0.05) is 19.9 Å². The van der Waals surface area contributed by atoms with Gasteiger partial charge in [0.25, 0.3) is 0 Å². The molecule has 0 aliphatic carbocycles. The molecule has 0 aliphatic heterocycles. The summed E-state index contributed by atoms with van der Waals surface area (Å²) in [6, 6.07) is 9.38. The maximum atomic E-state index is 11.6. The summed E-state index contributed by atoms with van der Waals surface area (Å²) in [5.74, 6) is 1.06. The summed E-state index contributed by atoms with van der Waals surface area (Å²) >= 11 is 0. The van der Waals surface area contributed by atoms with Crippen LogP contribution in [-0.2, 0) is 4.79 Å². The molecule has 1 aromatic carbocycles. The minimum Gasteiger partial charge on any atom is -0.493 e. The average molecular weight is 260 g/mol. The lowest BCUT2D eigenvalue weighted by Crippen LogP contribution is -2.13. The van der Waals surface area contributed by atoms with E-state index in [2.05, 4.69) is 11.4 Å². The minimum atomic E-state index is 0.0108. The predicted octanol–water partition coefficient (Wildman–Crippen LogP) is 3.35. The van der Waals surface area contributed by atoms with Gasteiger partial charge in [-0.05, 0) is 24.5 Å². The number of nitrogens with one attached hydrogen (secondary N) is 1. The van der Waals surface area contributed by atoms with Gasteiger partial charge in [-0.15, -0.1) is 0 Å². The second-order valence-corrected chi connectivity index (χ2v) is 4.78. The van der Waals surface area contributed by atoms with Crippen LogP contribution in [0.1, 0.15) is 33.1 Å². The molecule has 0 heterocycles. The lowest BCUT2D eigenvalue weighted by Gasteiger charge is -2.09. The van der Waals surface area contributed by atoms with E-state index < -0.39 is 0 Å². The molecule has 1 rings (SSSR count). The van der Waals surface area contributed by atoms with Crippen LogP contribution in [0.3, 0.4) is 0 Å². The van der Waals surface area contributed by atoms with Crippen molar-refractivity contribution >= 4 is 11.6 Å². The highest BCUT2D eigenvalue weighted by atomic mass is 16.5. The van der Waals surface area contributed by atoms with Crippen LogP contribution in [-0.4, -0.2) is 12.5 Å². The van der Waals surface area contributed by atoms with Crippen molar-refractivity contribution in [1.82, 2.24) is 0 Å². The number of nitriles is 1. The standard InChI is InChI=1S/C15H20N2O2/c1-12(2)10-15(18)17-13-6-5-7-14(11-13)19-9-4-3-8-16/h5-7,11-12H,3-4,9-10H2,1-2H3,(H,17,18). The quantitative estimate of drug-likeness (QED) is 0.765. The topological polar surface area (TPSA) is 62.1 Å². The molecule has 0 saturated heterocycles. The van der Waals surface area contributed by atoms with Crippen molar-refractivity contribution < 1.29 is 9.53 Å². The van der Waals surface area contributed by atoms with E-state index in [-0.39, 0.29) is 5.91 Å². The molecule has 0 fully saturated rings. The normalized spacial score (nSPS) is 10.0. The van der Waals surface area contributed by atoms with Gasteiger partial charge in [0.05, 0.1) is 12.7 Å². The Bertz CT molecular complexity index is 450. The van der Waals surface area contributed by atoms with E-state index in [1.165, 1.54) is 0 Å². The number of carbonyl (C=O) groups excluding carboxylic acids is 1. The predicted molar refractivity (Wildman–Crippen MR) is 74.9 cm³/mol. The average Bonchev–Trinajstić information content (AvgIpc) is 2.34. The Balaban J connectivity index is 2.47. The zero-order valence-corrected chi connectivity index (χ0v) is 11.5. The summed E-state index contributed by atoms with van der Waals surface area (Å²) in [7, 11) is 0. The summed E-state index contributed by atoms with van der Waals surface area (Å²) in [5, 5.41) is 11.3. The van der Waals surface area contributed by atoms with Crippen LogP contribution in [0.15, 0.2) is 24.3 Å². The van der Waals surface area contributed by atoms with E-state index in [0.29, 0.717) is 37.5 Å². The van der Waals surface area contributed by atoms with Gasteiger partial charge in [-0.3, -0.25) is 4.79 Å². The van der Waals surface area contributed by atoms with Gasteiger partial charge < -0.3 is 10.1 Å². The van der Waals surface area contributed by atoms with Crippen LogP contribution in [0.25, 0.3) is 0 Å². The number of amides is 1. The molecule has 1 amide bonds. The molecule has 4 nitrogen and oxygen atoms in total. The van der Waals surface area contributed by atoms with E-state index >= 15 is 0 Å². The molecule has 4 heteroatoms. The SMILES string of the molecule is CC(C)CC(=O)Nc1cccc(OCCCC#N)c1. The van der Waals surface area contributed by atoms with Crippen molar-refractivity contribution in [2.24, 2.45) is 5.92 Å². The zero-order chi connectivity index (χ0) is 14.1. The maximum Gasteiger partial charge on any atom is 0.224 e. The van der Waals surface area contributed by atoms with Gasteiger partial charge in [0.1, 0.15) is 5.75 Å². The first-order valence-electron chi connectivity index (χ1n) is 6.51. The van der Waals surface area contributed by atoms with Gasteiger partial charge in [-0.2, -0.15) is 5.26 Å². The Morgan fingerprint density at radius 2 is 2.26 bits per heavy atom. The second kappa shape index (κ2) is 8.15. The highest BCUT2D eigenvalue weighted by molar-refractivity contribution is 5.90. The molecular formula is C15H20N2O2. The summed E-state index contributed by atoms with van der Waals surface area (Å²) in [6.45, 7) is 4.53. The van der Waals surface area contributed by atoms with Gasteiger partial charge in [0, 0.05) is 24.6 Å². The largest absolute Gasteiger partial charge is 0.493 e. The van der Waals surface area contributed by atoms with Crippen molar-refractivity contribution in [3.63, 3.8) is 0 Å². The van der Waals surface area contributed by atoms with E-state index in [9.17, 15) is 4.79 Å². The Morgan fingerprint density at radius 3 is 2.95 bits per heavy atom. The van der Waals surface area contributed by atoms with Crippen molar-refractivity contribution in [3.8, 4) is 11.8 Å². The number of nitrogens with zero attached hydrogens (tertiary/aromatic N) is 1. The lowest BCUT2D eigenvalue weighted by molar-refractivity contribution is -0.116. The smallest absolute Gasteiger partial charge is 0.224 e. The summed E-state index contributed by atoms with van der Waals surface area (Å²) in [4.78, 5) is 11.6. The van der Waals surface area contributed by atoms with Gasteiger partial charge in [0.15, 0.2) is 0 Å². The third-order valence-corrected chi connectivity index (χ3v) is 2.41. The molecular weight excluding hydrogens is 240 g/mol. The Kier molecular flexibility index (Phi) is 6.45. The van der Waals surface area contributed by atoms with Gasteiger partial charge >= 0.3 is 0 Å². The molecule has 1 N–H and O–H groups in total. The van der Waals surface area contributed by atoms with Crippen molar-refractivity contribution in [3.05, 3.63) is 24.3 Å². The molecule has 19 heavy (non-hydrogen) atoms. The Labute approximate surface area is 114 Å². The molecule has 1 aromatic rings. The molecule has 0 radical (unpaired) electrons. The molecule has 0 bridgehead atoms. The monoisotopic (exact) mass is 260 g/mol. The highest BCUT2D eigenvalue weighted by Crippen LogP contribution is 2.18. The van der Waals surface area contributed by atoms with Crippen molar-refractivity contribution in [2.45, 2.75) is 33.1 Å². The molecule has 0 aromatic heterocycles. The molecule has 0 unspecified atom stereocenters. The van der Waals surface area contributed by atoms with Crippen LogP contribution in [0, 0.1) is 17.2 Å². The third-order valence-electron chi connectivity index (χ3n) is 2.41. The summed E-state index contributed by atoms with van der Waals surface area (Å²) in [5.41, 5.74) is 0.739.